The molecule has 2 aliphatic rings. The number of carbonyl (C=O) groups is 1. The van der Waals surface area contributed by atoms with Gasteiger partial charge in [-0.15, -0.1) is 12.4 Å². The first-order valence-electron chi connectivity index (χ1n) is 7.92. The number of fused-ring (bicyclic) bond motifs is 1. The molecule has 1 unspecified atom stereocenters. The molecule has 1 aromatic rings. The molecule has 0 radical (unpaired) electrons. The molecular formula is C17H24BrClN2O. The topological polar surface area (TPSA) is 32.3 Å². The van der Waals surface area contributed by atoms with Gasteiger partial charge in [0, 0.05) is 36.6 Å². The van der Waals surface area contributed by atoms with Gasteiger partial charge in [0.25, 0.3) is 0 Å². The van der Waals surface area contributed by atoms with Crippen molar-refractivity contribution in [1.82, 2.24) is 10.2 Å². The van der Waals surface area contributed by atoms with Gasteiger partial charge in [0.2, 0.25) is 5.91 Å². The van der Waals surface area contributed by atoms with Crippen LogP contribution in [0.1, 0.15) is 18.9 Å². The number of benzene rings is 1. The van der Waals surface area contributed by atoms with Gasteiger partial charge in [0.15, 0.2) is 0 Å². The number of nitrogens with one attached hydrogen (secondary N) is 1. The second kappa shape index (κ2) is 7.80. The molecule has 22 heavy (non-hydrogen) atoms. The van der Waals surface area contributed by atoms with E-state index in [-0.39, 0.29) is 18.3 Å². The summed E-state index contributed by atoms with van der Waals surface area (Å²) in [6.45, 7) is 6.18. The molecule has 3 atom stereocenters. The highest BCUT2D eigenvalue weighted by Crippen LogP contribution is 2.29. The number of amides is 1. The molecule has 2 fully saturated rings. The Balaban J connectivity index is 0.00000176. The highest BCUT2D eigenvalue weighted by molar-refractivity contribution is 9.10. The predicted octanol–water partition coefficient (Wildman–Crippen LogP) is 3.12. The number of halogens is 2. The van der Waals surface area contributed by atoms with Gasteiger partial charge in [-0.25, -0.2) is 0 Å². The molecule has 0 aliphatic carbocycles. The zero-order chi connectivity index (χ0) is 14.8. The molecule has 5 heteroatoms. The Kier molecular flexibility index (Phi) is 6.30. The van der Waals surface area contributed by atoms with Crippen LogP contribution in [0.4, 0.5) is 0 Å². The average molecular weight is 388 g/mol. The molecule has 2 saturated heterocycles. The van der Waals surface area contributed by atoms with E-state index in [1.807, 2.05) is 12.1 Å². The van der Waals surface area contributed by atoms with Gasteiger partial charge in [-0.1, -0.05) is 41.1 Å². The summed E-state index contributed by atoms with van der Waals surface area (Å²) in [5.41, 5.74) is 1.23. The minimum atomic E-state index is 0. The summed E-state index contributed by atoms with van der Waals surface area (Å²) in [7, 11) is 0. The van der Waals surface area contributed by atoms with Crippen LogP contribution < -0.4 is 5.32 Å². The lowest BCUT2D eigenvalue weighted by atomic mass is 9.95. The maximum absolute atomic E-state index is 12.8. The molecule has 1 N–H and O–H groups in total. The Morgan fingerprint density at radius 2 is 1.95 bits per heavy atom. The summed E-state index contributed by atoms with van der Waals surface area (Å²) in [5, 5.41) is 3.43. The van der Waals surface area contributed by atoms with Gasteiger partial charge in [-0.05, 0) is 36.3 Å². The molecule has 122 valence electrons. The number of nitrogens with zero attached hydrogens (tertiary/aromatic N) is 1. The molecule has 0 spiro atoms. The third-order valence-electron chi connectivity index (χ3n) is 4.97. The molecule has 1 amide bonds. The maximum Gasteiger partial charge on any atom is 0.226 e. The van der Waals surface area contributed by atoms with Crippen molar-refractivity contribution in [2.45, 2.75) is 19.8 Å². The summed E-state index contributed by atoms with van der Waals surface area (Å²) in [6, 6.07) is 8.23. The Morgan fingerprint density at radius 1 is 1.32 bits per heavy atom. The van der Waals surface area contributed by atoms with Crippen LogP contribution in [0.2, 0.25) is 0 Å². The first kappa shape index (κ1) is 17.8. The zero-order valence-corrected chi connectivity index (χ0v) is 15.3. The first-order chi connectivity index (χ1) is 10.2. The van der Waals surface area contributed by atoms with E-state index in [0.717, 1.165) is 43.5 Å². The van der Waals surface area contributed by atoms with Crippen molar-refractivity contribution in [1.29, 1.82) is 0 Å². The van der Waals surface area contributed by atoms with Crippen molar-refractivity contribution in [3.8, 4) is 0 Å². The fraction of sp³-hybridized carbons (Fsp3) is 0.588. The predicted molar refractivity (Wildman–Crippen MR) is 95.3 cm³/mol. The van der Waals surface area contributed by atoms with Crippen LogP contribution in [-0.2, 0) is 11.2 Å². The molecule has 2 aliphatic heterocycles. The van der Waals surface area contributed by atoms with Crippen LogP contribution >= 0.6 is 28.3 Å². The number of carbonyl (C=O) groups excluding carboxylic acids is 1. The van der Waals surface area contributed by atoms with Crippen LogP contribution in [0.25, 0.3) is 0 Å². The SMILES string of the molecule is CCC(Cc1ccccc1Br)C(=O)N1C[C@H]2CNC[C@H]2C1.Cl. The second-order valence-electron chi connectivity index (χ2n) is 6.32. The summed E-state index contributed by atoms with van der Waals surface area (Å²) in [5.74, 6) is 1.81. The lowest BCUT2D eigenvalue weighted by molar-refractivity contribution is -0.134. The number of rotatable bonds is 4. The van der Waals surface area contributed by atoms with E-state index in [0.29, 0.717) is 17.7 Å². The summed E-state index contributed by atoms with van der Waals surface area (Å²) < 4.78 is 1.11. The molecule has 3 rings (SSSR count). The molecule has 3 nitrogen and oxygen atoms in total. The normalized spacial score (nSPS) is 24.7. The number of hydrogen-bond acceptors (Lipinski definition) is 2. The molecule has 0 aromatic heterocycles. The van der Waals surface area contributed by atoms with Crippen LogP contribution in [0.3, 0.4) is 0 Å². The van der Waals surface area contributed by atoms with E-state index >= 15 is 0 Å². The number of hydrogen-bond donors (Lipinski definition) is 1. The van der Waals surface area contributed by atoms with Gasteiger partial charge in [-0.2, -0.15) is 0 Å². The lowest BCUT2D eigenvalue weighted by Gasteiger charge is -2.24. The van der Waals surface area contributed by atoms with E-state index in [9.17, 15) is 4.79 Å². The summed E-state index contributed by atoms with van der Waals surface area (Å²) >= 11 is 3.59. The van der Waals surface area contributed by atoms with Crippen LogP contribution in [0.15, 0.2) is 28.7 Å². The third-order valence-corrected chi connectivity index (χ3v) is 5.74. The highest BCUT2D eigenvalue weighted by atomic mass is 79.9. The second-order valence-corrected chi connectivity index (χ2v) is 7.18. The van der Waals surface area contributed by atoms with Crippen molar-refractivity contribution in [2.75, 3.05) is 26.2 Å². The van der Waals surface area contributed by atoms with Crippen molar-refractivity contribution >= 4 is 34.2 Å². The molecule has 2 heterocycles. The van der Waals surface area contributed by atoms with E-state index < -0.39 is 0 Å². The van der Waals surface area contributed by atoms with E-state index in [4.69, 9.17) is 0 Å². The van der Waals surface area contributed by atoms with Crippen molar-refractivity contribution < 1.29 is 4.79 Å². The fourth-order valence-corrected chi connectivity index (χ4v) is 4.08. The minimum absolute atomic E-state index is 0. The minimum Gasteiger partial charge on any atom is -0.342 e. The fourth-order valence-electron chi connectivity index (χ4n) is 3.63. The molecule has 0 bridgehead atoms. The van der Waals surface area contributed by atoms with Crippen molar-refractivity contribution in [2.24, 2.45) is 17.8 Å². The maximum atomic E-state index is 12.8. The molecule has 1 aromatic carbocycles. The third kappa shape index (κ3) is 3.66. The van der Waals surface area contributed by atoms with Gasteiger partial charge < -0.3 is 10.2 Å². The van der Waals surface area contributed by atoms with Crippen molar-refractivity contribution in [3.63, 3.8) is 0 Å². The molecular weight excluding hydrogens is 364 g/mol. The molecule has 0 saturated carbocycles. The van der Waals surface area contributed by atoms with E-state index in [2.05, 4.69) is 45.2 Å². The summed E-state index contributed by atoms with van der Waals surface area (Å²) in [4.78, 5) is 14.9. The quantitative estimate of drug-likeness (QED) is 0.861. The van der Waals surface area contributed by atoms with Gasteiger partial charge in [-0.3, -0.25) is 4.79 Å². The monoisotopic (exact) mass is 386 g/mol. The van der Waals surface area contributed by atoms with Gasteiger partial charge >= 0.3 is 0 Å². The highest BCUT2D eigenvalue weighted by Gasteiger charge is 2.39. The van der Waals surface area contributed by atoms with Gasteiger partial charge in [0.1, 0.15) is 0 Å². The average Bonchev–Trinajstić information content (AvgIpc) is 3.07. The Bertz CT molecular complexity index is 513. The van der Waals surface area contributed by atoms with E-state index in [1.54, 1.807) is 0 Å². The first-order valence-corrected chi connectivity index (χ1v) is 8.71. The Hall–Kier alpha value is -0.580. The number of likely N-dealkylation sites (tertiary alicyclic amines) is 1. The Labute approximate surface area is 147 Å². The van der Waals surface area contributed by atoms with Crippen LogP contribution in [-0.4, -0.2) is 37.0 Å². The van der Waals surface area contributed by atoms with Crippen LogP contribution in [0, 0.1) is 17.8 Å². The zero-order valence-electron chi connectivity index (χ0n) is 12.9. The largest absolute Gasteiger partial charge is 0.342 e. The summed E-state index contributed by atoms with van der Waals surface area (Å²) in [6.07, 6.45) is 1.74. The van der Waals surface area contributed by atoms with Gasteiger partial charge in [0.05, 0.1) is 0 Å². The van der Waals surface area contributed by atoms with Crippen molar-refractivity contribution in [3.05, 3.63) is 34.3 Å². The Morgan fingerprint density at radius 3 is 2.55 bits per heavy atom. The van der Waals surface area contributed by atoms with Crippen LogP contribution in [0.5, 0.6) is 0 Å². The van der Waals surface area contributed by atoms with E-state index in [1.165, 1.54) is 5.56 Å². The lowest BCUT2D eigenvalue weighted by Crippen LogP contribution is -2.37. The standard InChI is InChI=1S/C17H23BrN2O.ClH/c1-2-12(7-13-5-3-4-6-16(13)18)17(21)20-10-14-8-19-9-15(14)11-20;/h3-6,12,14-15,19H,2,7-11H2,1H3;1H/t12?,14-,15+;. The smallest absolute Gasteiger partial charge is 0.226 e.